The molecule has 4 nitrogen and oxygen atoms in total. The number of nitrogens with one attached hydrogen (secondary N) is 1. The first-order valence-electron chi connectivity index (χ1n) is 5.77. The molecule has 0 atom stereocenters. The predicted molar refractivity (Wildman–Crippen MR) is 77.5 cm³/mol. The van der Waals surface area contributed by atoms with Crippen LogP contribution >= 0.6 is 11.6 Å². The fraction of sp³-hybridized carbons (Fsp3) is 0.143. The number of amides is 1. The molecule has 19 heavy (non-hydrogen) atoms. The number of carbonyl (C=O) groups is 1. The molecule has 1 aromatic heterocycles. The van der Waals surface area contributed by atoms with Crippen molar-refractivity contribution in [2.24, 2.45) is 0 Å². The summed E-state index contributed by atoms with van der Waals surface area (Å²) >= 11 is 5.78. The van der Waals surface area contributed by atoms with Gasteiger partial charge in [-0.05, 0) is 49.2 Å². The number of nitrogen functional groups attached to an aromatic ring is 1. The molecule has 0 aliphatic rings. The van der Waals surface area contributed by atoms with Crippen molar-refractivity contribution in [3.63, 3.8) is 0 Å². The Balaban J connectivity index is 2.25. The number of rotatable bonds is 2. The van der Waals surface area contributed by atoms with Crippen molar-refractivity contribution in [3.05, 3.63) is 52.2 Å². The Kier molecular flexibility index (Phi) is 3.71. The minimum atomic E-state index is -0.263. The molecule has 0 radical (unpaired) electrons. The first kappa shape index (κ1) is 13.4. The summed E-state index contributed by atoms with van der Waals surface area (Å²) in [6.45, 7) is 3.95. The Bertz CT molecular complexity index is 600. The summed E-state index contributed by atoms with van der Waals surface area (Å²) < 4.78 is 0. The molecule has 0 aliphatic heterocycles. The number of nitrogens with zero attached hydrogens (tertiary/aromatic N) is 1. The molecule has 5 heteroatoms. The van der Waals surface area contributed by atoms with Gasteiger partial charge in [-0.3, -0.25) is 4.79 Å². The Morgan fingerprint density at radius 2 is 1.79 bits per heavy atom. The number of pyridine rings is 1. The Morgan fingerprint density at radius 1 is 1.16 bits per heavy atom. The summed E-state index contributed by atoms with van der Waals surface area (Å²) in [5.74, 6) is -0.0425. The quantitative estimate of drug-likeness (QED) is 0.827. The van der Waals surface area contributed by atoms with Crippen LogP contribution in [0.15, 0.2) is 30.3 Å². The zero-order valence-corrected chi connectivity index (χ0v) is 11.5. The fourth-order valence-electron chi connectivity index (χ4n) is 1.90. The van der Waals surface area contributed by atoms with Crippen LogP contribution in [0.25, 0.3) is 0 Å². The van der Waals surface area contributed by atoms with Crippen LogP contribution in [0, 0.1) is 13.8 Å². The third-order valence-electron chi connectivity index (χ3n) is 2.56. The summed E-state index contributed by atoms with van der Waals surface area (Å²) in [6.07, 6.45) is 0. The zero-order valence-electron chi connectivity index (χ0n) is 10.7. The lowest BCUT2D eigenvalue weighted by molar-refractivity contribution is 0.102. The van der Waals surface area contributed by atoms with Crippen LogP contribution in [0.1, 0.15) is 21.5 Å². The van der Waals surface area contributed by atoms with E-state index in [1.165, 1.54) is 12.1 Å². The molecule has 0 unspecified atom stereocenters. The monoisotopic (exact) mass is 275 g/mol. The lowest BCUT2D eigenvalue weighted by atomic mass is 10.1. The molecule has 0 fully saturated rings. The van der Waals surface area contributed by atoms with E-state index in [2.05, 4.69) is 10.3 Å². The fourth-order valence-corrected chi connectivity index (χ4v) is 2.11. The number of nitrogens with two attached hydrogens (primary N) is 1. The van der Waals surface area contributed by atoms with Crippen LogP contribution in [0.3, 0.4) is 0 Å². The molecule has 0 bridgehead atoms. The number of aromatic nitrogens is 1. The number of halogens is 1. The molecule has 2 aromatic rings. The van der Waals surface area contributed by atoms with Crippen molar-refractivity contribution in [2.75, 3.05) is 11.1 Å². The maximum Gasteiger partial charge on any atom is 0.255 e. The van der Waals surface area contributed by atoms with E-state index < -0.39 is 0 Å². The number of aryl methyl sites for hydroxylation is 2. The maximum absolute atomic E-state index is 12.1. The van der Waals surface area contributed by atoms with Crippen molar-refractivity contribution < 1.29 is 4.79 Å². The Morgan fingerprint density at radius 3 is 2.37 bits per heavy atom. The van der Waals surface area contributed by atoms with Crippen LogP contribution in [-0.2, 0) is 0 Å². The first-order chi connectivity index (χ1) is 8.94. The average Bonchev–Trinajstić information content (AvgIpc) is 2.25. The summed E-state index contributed by atoms with van der Waals surface area (Å²) in [4.78, 5) is 15.9. The van der Waals surface area contributed by atoms with E-state index >= 15 is 0 Å². The number of hydrogen-bond acceptors (Lipinski definition) is 3. The number of hydrogen-bond donors (Lipinski definition) is 2. The van der Waals surface area contributed by atoms with E-state index in [0.717, 1.165) is 16.8 Å². The van der Waals surface area contributed by atoms with E-state index in [-0.39, 0.29) is 16.9 Å². The van der Waals surface area contributed by atoms with Gasteiger partial charge in [0.2, 0.25) is 0 Å². The zero-order chi connectivity index (χ0) is 14.0. The number of anilines is 2. The molecule has 0 aliphatic carbocycles. The number of carbonyl (C=O) groups excluding carboxylic acids is 1. The molecule has 0 spiro atoms. The molecule has 0 saturated carbocycles. The standard InChI is InChI=1S/C14H14ClN3O/c1-8-3-9(2)5-11(4-8)17-14(19)10-6-12(15)18-13(16)7-10/h3-7H,1-2H3,(H2,16,18)(H,17,19). The smallest absolute Gasteiger partial charge is 0.255 e. The predicted octanol–water partition coefficient (Wildman–Crippen LogP) is 3.19. The van der Waals surface area contributed by atoms with Gasteiger partial charge in [0.05, 0.1) is 0 Å². The second-order valence-corrected chi connectivity index (χ2v) is 4.82. The minimum Gasteiger partial charge on any atom is -0.384 e. The van der Waals surface area contributed by atoms with Gasteiger partial charge in [0.1, 0.15) is 11.0 Å². The van der Waals surface area contributed by atoms with Gasteiger partial charge in [0.15, 0.2) is 0 Å². The Labute approximate surface area is 116 Å². The van der Waals surface area contributed by atoms with Gasteiger partial charge in [-0.25, -0.2) is 4.98 Å². The van der Waals surface area contributed by atoms with Crippen molar-refractivity contribution in [3.8, 4) is 0 Å². The van der Waals surface area contributed by atoms with Gasteiger partial charge in [-0.15, -0.1) is 0 Å². The van der Waals surface area contributed by atoms with E-state index in [9.17, 15) is 4.79 Å². The van der Waals surface area contributed by atoms with Gasteiger partial charge >= 0.3 is 0 Å². The molecular weight excluding hydrogens is 262 g/mol. The van der Waals surface area contributed by atoms with E-state index in [1.807, 2.05) is 32.0 Å². The Hall–Kier alpha value is -2.07. The molecular formula is C14H14ClN3O. The van der Waals surface area contributed by atoms with Gasteiger partial charge in [-0.2, -0.15) is 0 Å². The van der Waals surface area contributed by atoms with E-state index in [1.54, 1.807) is 0 Å². The summed E-state index contributed by atoms with van der Waals surface area (Å²) in [5, 5.41) is 3.01. The van der Waals surface area contributed by atoms with Crippen LogP contribution in [0.2, 0.25) is 5.15 Å². The lowest BCUT2D eigenvalue weighted by Crippen LogP contribution is -2.13. The third kappa shape index (κ3) is 3.45. The van der Waals surface area contributed by atoms with Gasteiger partial charge in [-0.1, -0.05) is 17.7 Å². The highest BCUT2D eigenvalue weighted by molar-refractivity contribution is 6.30. The molecule has 1 amide bonds. The van der Waals surface area contributed by atoms with Crippen LogP contribution in [0.4, 0.5) is 11.5 Å². The third-order valence-corrected chi connectivity index (χ3v) is 2.75. The molecule has 1 heterocycles. The summed E-state index contributed by atoms with van der Waals surface area (Å²) in [5.41, 5.74) is 8.86. The highest BCUT2D eigenvalue weighted by atomic mass is 35.5. The van der Waals surface area contributed by atoms with Gasteiger partial charge in [0.25, 0.3) is 5.91 Å². The van der Waals surface area contributed by atoms with Crippen LogP contribution in [-0.4, -0.2) is 10.9 Å². The second-order valence-electron chi connectivity index (χ2n) is 4.43. The van der Waals surface area contributed by atoms with Gasteiger partial charge < -0.3 is 11.1 Å². The summed E-state index contributed by atoms with van der Waals surface area (Å²) in [6, 6.07) is 8.81. The molecule has 1 aromatic carbocycles. The van der Waals surface area contributed by atoms with E-state index in [0.29, 0.717) is 5.56 Å². The lowest BCUT2D eigenvalue weighted by Gasteiger charge is -2.08. The SMILES string of the molecule is Cc1cc(C)cc(NC(=O)c2cc(N)nc(Cl)c2)c1. The maximum atomic E-state index is 12.1. The highest BCUT2D eigenvalue weighted by Crippen LogP contribution is 2.17. The van der Waals surface area contributed by atoms with E-state index in [4.69, 9.17) is 17.3 Å². The molecule has 98 valence electrons. The molecule has 3 N–H and O–H groups in total. The largest absolute Gasteiger partial charge is 0.384 e. The number of benzene rings is 1. The van der Waals surface area contributed by atoms with Gasteiger partial charge in [0, 0.05) is 11.3 Å². The molecule has 0 saturated heterocycles. The molecule has 2 rings (SSSR count). The van der Waals surface area contributed by atoms with Crippen molar-refractivity contribution >= 4 is 29.0 Å². The van der Waals surface area contributed by atoms with Crippen molar-refractivity contribution in [2.45, 2.75) is 13.8 Å². The minimum absolute atomic E-state index is 0.200. The van der Waals surface area contributed by atoms with Crippen LogP contribution < -0.4 is 11.1 Å². The first-order valence-corrected chi connectivity index (χ1v) is 6.14. The average molecular weight is 276 g/mol. The topological polar surface area (TPSA) is 68.0 Å². The normalized spacial score (nSPS) is 10.3. The highest BCUT2D eigenvalue weighted by Gasteiger charge is 2.09. The van der Waals surface area contributed by atoms with Crippen molar-refractivity contribution in [1.29, 1.82) is 0 Å². The summed E-state index contributed by atoms with van der Waals surface area (Å²) in [7, 11) is 0. The second kappa shape index (κ2) is 5.28. The van der Waals surface area contributed by atoms with Crippen molar-refractivity contribution in [1.82, 2.24) is 4.98 Å². The van der Waals surface area contributed by atoms with Crippen LogP contribution in [0.5, 0.6) is 0 Å².